The number of hydrogen-bond acceptors (Lipinski definition) is 2. The van der Waals surface area contributed by atoms with Crippen molar-refractivity contribution in [1.29, 1.82) is 0 Å². The lowest BCUT2D eigenvalue weighted by molar-refractivity contribution is 0.0514. The van der Waals surface area contributed by atoms with Gasteiger partial charge in [0.05, 0.1) is 0 Å². The maximum atomic E-state index is 11.5. The first-order valence-electron chi connectivity index (χ1n) is 8.38. The van der Waals surface area contributed by atoms with Crippen LogP contribution in [0.1, 0.15) is 11.1 Å². The Morgan fingerprint density at radius 3 is 1.69 bits per heavy atom. The van der Waals surface area contributed by atoms with Gasteiger partial charge in [0.2, 0.25) is 0 Å². The van der Waals surface area contributed by atoms with E-state index in [1.165, 1.54) is 0 Å². The molecule has 0 aliphatic heterocycles. The van der Waals surface area contributed by atoms with Crippen molar-refractivity contribution in [2.24, 2.45) is 0 Å². The zero-order chi connectivity index (χ0) is 18.7. The van der Waals surface area contributed by atoms with Crippen LogP contribution in [0.3, 0.4) is 0 Å². The molecule has 0 radical (unpaired) electrons. The fourth-order valence-electron chi connectivity index (χ4n) is 3.11. The highest BCUT2D eigenvalue weighted by atomic mass is 79.9. The first-order chi connectivity index (χ1) is 12.4. The fraction of sp³-hybridized carbons (Fsp3) is 0.182. The normalized spacial score (nSPS) is 13.6. The molecule has 4 heteroatoms. The summed E-state index contributed by atoms with van der Waals surface area (Å²) in [6.45, 7) is 0.478. The van der Waals surface area contributed by atoms with Gasteiger partial charge >= 0.3 is 0 Å². The third kappa shape index (κ3) is 4.18. The molecule has 3 aromatic carbocycles. The van der Waals surface area contributed by atoms with Gasteiger partial charge in [-0.2, -0.15) is 0 Å². The van der Waals surface area contributed by atoms with Gasteiger partial charge < -0.3 is 10.0 Å². The van der Waals surface area contributed by atoms with Crippen LogP contribution in [0.15, 0.2) is 77.3 Å². The van der Waals surface area contributed by atoms with Gasteiger partial charge in [0.25, 0.3) is 0 Å². The summed E-state index contributed by atoms with van der Waals surface area (Å²) in [5.41, 5.74) is 2.83. The second-order valence-corrected chi connectivity index (χ2v) is 8.04. The van der Waals surface area contributed by atoms with E-state index in [9.17, 15) is 5.11 Å². The molecule has 1 unspecified atom stereocenters. The summed E-state index contributed by atoms with van der Waals surface area (Å²) in [5.74, 6) is 0. The number of halogens is 2. The Hall–Kier alpha value is -1.65. The third-order valence-corrected chi connectivity index (χ3v) is 5.19. The molecule has 134 valence electrons. The van der Waals surface area contributed by atoms with Crippen molar-refractivity contribution in [1.82, 2.24) is 4.90 Å². The number of rotatable bonds is 5. The van der Waals surface area contributed by atoms with Crippen LogP contribution >= 0.6 is 27.5 Å². The van der Waals surface area contributed by atoms with Gasteiger partial charge in [-0.05, 0) is 60.6 Å². The Bertz CT molecular complexity index is 860. The lowest BCUT2D eigenvalue weighted by atomic mass is 9.85. The first kappa shape index (κ1) is 19.1. The second-order valence-electron chi connectivity index (χ2n) is 6.69. The van der Waals surface area contributed by atoms with Gasteiger partial charge in [-0.1, -0.05) is 76.1 Å². The molecule has 3 aromatic rings. The van der Waals surface area contributed by atoms with Crippen LogP contribution in [0.5, 0.6) is 0 Å². The standard InChI is InChI=1S/C22H21BrClNO/c1-25(2)15-22(26,19-9-13-21(24)14-10-19)18-7-3-16(4-8-18)17-5-11-20(23)12-6-17/h3-14,26H,15H2,1-2H3. The van der Waals surface area contributed by atoms with Gasteiger partial charge in [-0.15, -0.1) is 0 Å². The monoisotopic (exact) mass is 429 g/mol. The number of benzene rings is 3. The van der Waals surface area contributed by atoms with Gasteiger partial charge in [-0.25, -0.2) is 0 Å². The minimum atomic E-state index is -1.10. The van der Waals surface area contributed by atoms with E-state index in [2.05, 4.69) is 40.2 Å². The minimum Gasteiger partial charge on any atom is -0.379 e. The van der Waals surface area contributed by atoms with Crippen LogP contribution < -0.4 is 0 Å². The summed E-state index contributed by atoms with van der Waals surface area (Å²) >= 11 is 9.48. The van der Waals surface area contributed by atoms with Gasteiger partial charge in [0.15, 0.2) is 0 Å². The Morgan fingerprint density at radius 2 is 1.23 bits per heavy atom. The summed E-state index contributed by atoms with van der Waals surface area (Å²) in [5, 5.41) is 12.2. The van der Waals surface area contributed by atoms with Crippen molar-refractivity contribution in [2.75, 3.05) is 20.6 Å². The third-order valence-electron chi connectivity index (χ3n) is 4.41. The van der Waals surface area contributed by atoms with Gasteiger partial charge in [0.1, 0.15) is 5.60 Å². The highest BCUT2D eigenvalue weighted by molar-refractivity contribution is 9.10. The Kier molecular flexibility index (Phi) is 5.83. The van der Waals surface area contributed by atoms with Crippen molar-refractivity contribution in [3.05, 3.63) is 93.4 Å². The van der Waals surface area contributed by atoms with Crippen LogP contribution in [0.25, 0.3) is 11.1 Å². The van der Waals surface area contributed by atoms with Crippen LogP contribution in [0.4, 0.5) is 0 Å². The molecule has 0 spiro atoms. The summed E-state index contributed by atoms with van der Waals surface area (Å²) < 4.78 is 1.06. The van der Waals surface area contributed by atoms with E-state index in [4.69, 9.17) is 11.6 Å². The molecule has 0 aromatic heterocycles. The van der Waals surface area contributed by atoms with Crippen LogP contribution in [0.2, 0.25) is 5.02 Å². The lowest BCUT2D eigenvalue weighted by Crippen LogP contribution is -2.38. The minimum absolute atomic E-state index is 0.478. The molecule has 0 amide bonds. The quantitative estimate of drug-likeness (QED) is 0.572. The maximum absolute atomic E-state index is 11.5. The van der Waals surface area contributed by atoms with E-state index in [1.807, 2.05) is 67.5 Å². The Labute approximate surface area is 168 Å². The van der Waals surface area contributed by atoms with Crippen LogP contribution in [-0.2, 0) is 5.60 Å². The van der Waals surface area contributed by atoms with E-state index >= 15 is 0 Å². The highest BCUT2D eigenvalue weighted by Crippen LogP contribution is 2.33. The lowest BCUT2D eigenvalue weighted by Gasteiger charge is -2.32. The van der Waals surface area contributed by atoms with E-state index in [1.54, 1.807) is 0 Å². The molecule has 1 N–H and O–H groups in total. The summed E-state index contributed by atoms with van der Waals surface area (Å²) in [6, 6.07) is 23.7. The van der Waals surface area contributed by atoms with Crippen LogP contribution in [-0.4, -0.2) is 30.6 Å². The molecule has 0 bridgehead atoms. The maximum Gasteiger partial charge on any atom is 0.127 e. The zero-order valence-electron chi connectivity index (χ0n) is 14.8. The van der Waals surface area contributed by atoms with Gasteiger partial charge in [-0.3, -0.25) is 0 Å². The number of likely N-dealkylation sites (N-methyl/N-ethyl adjacent to an activating group) is 1. The fourth-order valence-corrected chi connectivity index (χ4v) is 3.50. The zero-order valence-corrected chi connectivity index (χ0v) is 17.1. The van der Waals surface area contributed by atoms with Gasteiger partial charge in [0, 0.05) is 16.0 Å². The Morgan fingerprint density at radius 1 is 0.808 bits per heavy atom. The molecule has 0 aliphatic rings. The molecule has 26 heavy (non-hydrogen) atoms. The Balaban J connectivity index is 1.99. The predicted octanol–water partition coefficient (Wildman–Crippen LogP) is 5.57. The summed E-state index contributed by atoms with van der Waals surface area (Å²) in [7, 11) is 3.91. The van der Waals surface area contributed by atoms with Crippen molar-refractivity contribution in [2.45, 2.75) is 5.60 Å². The summed E-state index contributed by atoms with van der Waals surface area (Å²) in [6.07, 6.45) is 0. The van der Waals surface area contributed by atoms with Crippen molar-refractivity contribution < 1.29 is 5.11 Å². The molecule has 0 aliphatic carbocycles. The first-order valence-corrected chi connectivity index (χ1v) is 9.55. The summed E-state index contributed by atoms with van der Waals surface area (Å²) in [4.78, 5) is 1.98. The molecule has 1 atom stereocenters. The molecule has 2 nitrogen and oxygen atoms in total. The van der Waals surface area contributed by atoms with Crippen LogP contribution in [0, 0.1) is 0 Å². The molecule has 0 heterocycles. The number of nitrogens with zero attached hydrogens (tertiary/aromatic N) is 1. The molecule has 0 fully saturated rings. The highest BCUT2D eigenvalue weighted by Gasteiger charge is 2.32. The topological polar surface area (TPSA) is 23.5 Å². The van der Waals surface area contributed by atoms with Crippen molar-refractivity contribution in [3.63, 3.8) is 0 Å². The average molecular weight is 431 g/mol. The molecule has 3 rings (SSSR count). The smallest absolute Gasteiger partial charge is 0.127 e. The second kappa shape index (κ2) is 7.93. The molecule has 0 saturated carbocycles. The van der Waals surface area contributed by atoms with Crippen molar-refractivity contribution >= 4 is 27.5 Å². The number of hydrogen-bond donors (Lipinski definition) is 1. The predicted molar refractivity (Wildman–Crippen MR) is 113 cm³/mol. The SMILES string of the molecule is CN(C)CC(O)(c1ccc(Cl)cc1)c1ccc(-c2ccc(Br)cc2)cc1. The number of aliphatic hydroxyl groups is 1. The molecular weight excluding hydrogens is 410 g/mol. The van der Waals surface area contributed by atoms with E-state index < -0.39 is 5.60 Å². The van der Waals surface area contributed by atoms with E-state index in [0.717, 1.165) is 26.7 Å². The van der Waals surface area contributed by atoms with E-state index in [-0.39, 0.29) is 0 Å². The van der Waals surface area contributed by atoms with E-state index in [0.29, 0.717) is 11.6 Å². The molecular formula is C22H21BrClNO. The average Bonchev–Trinajstić information content (AvgIpc) is 2.62. The van der Waals surface area contributed by atoms with Crippen molar-refractivity contribution in [3.8, 4) is 11.1 Å². The largest absolute Gasteiger partial charge is 0.379 e. The molecule has 0 saturated heterocycles.